The minimum atomic E-state index is -0.151. The number of Topliss-reactive ketones (excluding diaryl/α,β-unsaturated/α-hetero) is 1. The van der Waals surface area contributed by atoms with Crippen LogP contribution in [0.25, 0.3) is 33.4 Å². The van der Waals surface area contributed by atoms with Gasteiger partial charge in [0.2, 0.25) is 0 Å². The van der Waals surface area contributed by atoms with Crippen LogP contribution in [0, 0.1) is 0 Å². The Balaban J connectivity index is 2.10. The van der Waals surface area contributed by atoms with Gasteiger partial charge in [0.25, 0.3) is 0 Å². The number of phenols is 1. The molecule has 128 valence electrons. The average molecular weight is 344 g/mol. The standard InChI is InChI=1S/C22H16O4/c1-2-19(25)13-4-3-5-14(10-13)22-17-8-6-15(23)11-20(17)26-21-12-16(24)7-9-18(21)22/h3-12,23H,2H2,1H3. The van der Waals surface area contributed by atoms with Crippen molar-refractivity contribution in [2.45, 2.75) is 13.3 Å². The maximum atomic E-state index is 12.1. The first kappa shape index (κ1) is 16.1. The Bertz CT molecular complexity index is 1170. The summed E-state index contributed by atoms with van der Waals surface area (Å²) in [5.74, 6) is 0.595. The molecule has 2 aromatic rings. The SMILES string of the molecule is CCC(=O)c1cccc(-c2c3ccc(=O)cc-3oc3cc(O)ccc23)c1. The van der Waals surface area contributed by atoms with Crippen molar-refractivity contribution in [3.05, 3.63) is 76.5 Å². The monoisotopic (exact) mass is 344 g/mol. The van der Waals surface area contributed by atoms with Gasteiger partial charge in [-0.25, -0.2) is 0 Å². The Hall–Kier alpha value is -3.40. The van der Waals surface area contributed by atoms with Crippen LogP contribution < -0.4 is 5.43 Å². The highest BCUT2D eigenvalue weighted by molar-refractivity contribution is 6.04. The summed E-state index contributed by atoms with van der Waals surface area (Å²) in [5.41, 5.74) is 3.48. The molecule has 0 spiro atoms. The maximum absolute atomic E-state index is 12.1. The quantitative estimate of drug-likeness (QED) is 0.425. The van der Waals surface area contributed by atoms with Crippen LogP contribution in [0.1, 0.15) is 23.7 Å². The number of fused-ring (bicyclic) bond motifs is 2. The zero-order valence-corrected chi connectivity index (χ0v) is 14.2. The Morgan fingerprint density at radius 1 is 1.04 bits per heavy atom. The van der Waals surface area contributed by atoms with Crippen molar-refractivity contribution in [1.29, 1.82) is 0 Å². The van der Waals surface area contributed by atoms with Crippen molar-refractivity contribution in [1.82, 2.24) is 0 Å². The number of rotatable bonds is 3. The van der Waals surface area contributed by atoms with E-state index in [1.807, 2.05) is 25.1 Å². The minimum Gasteiger partial charge on any atom is -0.508 e. The van der Waals surface area contributed by atoms with Gasteiger partial charge in [0, 0.05) is 40.6 Å². The average Bonchev–Trinajstić information content (AvgIpc) is 2.65. The maximum Gasteiger partial charge on any atom is 0.182 e. The van der Waals surface area contributed by atoms with Gasteiger partial charge in [-0.05, 0) is 35.9 Å². The summed E-state index contributed by atoms with van der Waals surface area (Å²) in [5, 5.41) is 10.6. The van der Waals surface area contributed by atoms with E-state index in [9.17, 15) is 14.7 Å². The van der Waals surface area contributed by atoms with E-state index in [0.717, 1.165) is 22.1 Å². The molecule has 2 aromatic carbocycles. The van der Waals surface area contributed by atoms with E-state index in [4.69, 9.17) is 4.42 Å². The highest BCUT2D eigenvalue weighted by Gasteiger charge is 2.18. The Kier molecular flexibility index (Phi) is 3.81. The van der Waals surface area contributed by atoms with E-state index in [1.165, 1.54) is 18.2 Å². The van der Waals surface area contributed by atoms with Gasteiger partial charge < -0.3 is 9.52 Å². The van der Waals surface area contributed by atoms with Crippen LogP contribution in [0.4, 0.5) is 0 Å². The van der Waals surface area contributed by atoms with Crippen molar-refractivity contribution < 1.29 is 14.3 Å². The fourth-order valence-corrected chi connectivity index (χ4v) is 3.22. The van der Waals surface area contributed by atoms with E-state index in [2.05, 4.69) is 0 Å². The molecular weight excluding hydrogens is 328 g/mol. The van der Waals surface area contributed by atoms with Gasteiger partial charge in [-0.2, -0.15) is 0 Å². The summed E-state index contributed by atoms with van der Waals surface area (Å²) in [6.07, 6.45) is 0.433. The topological polar surface area (TPSA) is 67.5 Å². The Labute approximate surface area is 149 Å². The molecule has 26 heavy (non-hydrogen) atoms. The molecule has 0 aromatic heterocycles. The normalized spacial score (nSPS) is 11.1. The molecule has 1 heterocycles. The fourth-order valence-electron chi connectivity index (χ4n) is 3.22. The first-order chi connectivity index (χ1) is 12.6. The second-order valence-electron chi connectivity index (χ2n) is 6.17. The molecule has 1 N–H and O–H groups in total. The first-order valence-electron chi connectivity index (χ1n) is 8.40. The number of aromatic hydroxyl groups is 1. The van der Waals surface area contributed by atoms with Crippen LogP contribution in [0.3, 0.4) is 0 Å². The molecule has 0 saturated carbocycles. The van der Waals surface area contributed by atoms with Crippen LogP contribution in [0.2, 0.25) is 0 Å². The lowest BCUT2D eigenvalue weighted by atomic mass is 9.92. The van der Waals surface area contributed by atoms with Gasteiger partial charge in [0.05, 0.1) is 0 Å². The molecular formula is C22H16O4. The van der Waals surface area contributed by atoms with Crippen molar-refractivity contribution >= 4 is 16.8 Å². The van der Waals surface area contributed by atoms with Crippen molar-refractivity contribution in [3.8, 4) is 28.2 Å². The number of hydrogen-bond acceptors (Lipinski definition) is 4. The lowest BCUT2D eigenvalue weighted by Gasteiger charge is -2.15. The summed E-state index contributed by atoms with van der Waals surface area (Å²) in [6, 6.07) is 17.0. The number of carbonyl (C=O) groups excluding carboxylic acids is 1. The fraction of sp³-hybridized carbons (Fsp3) is 0.0909. The van der Waals surface area contributed by atoms with E-state index >= 15 is 0 Å². The number of hydrogen-bond donors (Lipinski definition) is 1. The number of ketones is 1. The number of carbonyl (C=O) groups is 1. The second kappa shape index (κ2) is 6.15. The van der Waals surface area contributed by atoms with Gasteiger partial charge in [0.1, 0.15) is 17.1 Å². The zero-order chi connectivity index (χ0) is 18.3. The highest BCUT2D eigenvalue weighted by atomic mass is 16.3. The number of benzene rings is 3. The van der Waals surface area contributed by atoms with E-state index in [0.29, 0.717) is 23.3 Å². The molecule has 0 atom stereocenters. The third-order valence-electron chi connectivity index (χ3n) is 4.47. The molecule has 4 rings (SSSR count). The molecule has 0 radical (unpaired) electrons. The molecule has 4 heteroatoms. The summed E-state index contributed by atoms with van der Waals surface area (Å²) in [7, 11) is 0. The second-order valence-corrected chi connectivity index (χ2v) is 6.17. The van der Waals surface area contributed by atoms with Gasteiger partial charge in [-0.3, -0.25) is 9.59 Å². The van der Waals surface area contributed by atoms with Gasteiger partial charge in [-0.15, -0.1) is 0 Å². The third kappa shape index (κ3) is 2.65. The van der Waals surface area contributed by atoms with Crippen molar-refractivity contribution in [3.63, 3.8) is 0 Å². The van der Waals surface area contributed by atoms with E-state index in [-0.39, 0.29) is 17.0 Å². The van der Waals surface area contributed by atoms with Crippen LogP contribution in [-0.2, 0) is 0 Å². The molecule has 2 aliphatic rings. The Morgan fingerprint density at radius 3 is 2.69 bits per heavy atom. The molecule has 0 fully saturated rings. The predicted octanol–water partition coefficient (Wildman–Crippen LogP) is 4.86. The third-order valence-corrected chi connectivity index (χ3v) is 4.47. The molecule has 1 aliphatic heterocycles. The van der Waals surface area contributed by atoms with Crippen LogP contribution >= 0.6 is 0 Å². The molecule has 0 unspecified atom stereocenters. The van der Waals surface area contributed by atoms with Gasteiger partial charge >= 0.3 is 0 Å². The molecule has 0 bridgehead atoms. The minimum absolute atomic E-state index is 0.0700. The summed E-state index contributed by atoms with van der Waals surface area (Å²) >= 11 is 0. The summed E-state index contributed by atoms with van der Waals surface area (Å²) in [6.45, 7) is 1.83. The van der Waals surface area contributed by atoms with Gasteiger partial charge in [0.15, 0.2) is 11.2 Å². The van der Waals surface area contributed by atoms with Crippen molar-refractivity contribution in [2.75, 3.05) is 0 Å². The first-order valence-corrected chi connectivity index (χ1v) is 8.40. The molecule has 0 amide bonds. The summed E-state index contributed by atoms with van der Waals surface area (Å²) < 4.78 is 5.84. The highest BCUT2D eigenvalue weighted by Crippen LogP contribution is 2.40. The van der Waals surface area contributed by atoms with Gasteiger partial charge in [-0.1, -0.05) is 25.1 Å². The molecule has 0 saturated heterocycles. The Morgan fingerprint density at radius 2 is 1.88 bits per heavy atom. The van der Waals surface area contributed by atoms with E-state index in [1.54, 1.807) is 24.3 Å². The lowest BCUT2D eigenvalue weighted by Crippen LogP contribution is -2.00. The smallest absolute Gasteiger partial charge is 0.182 e. The molecule has 1 aliphatic carbocycles. The van der Waals surface area contributed by atoms with E-state index < -0.39 is 0 Å². The lowest BCUT2D eigenvalue weighted by molar-refractivity contribution is 0.0988. The molecule has 4 nitrogen and oxygen atoms in total. The number of phenolic OH excluding ortho intramolecular Hbond substituents is 1. The predicted molar refractivity (Wildman–Crippen MR) is 101 cm³/mol. The van der Waals surface area contributed by atoms with Crippen molar-refractivity contribution in [2.24, 2.45) is 0 Å². The summed E-state index contributed by atoms with van der Waals surface area (Å²) in [4.78, 5) is 23.9. The van der Waals surface area contributed by atoms with Crippen LogP contribution in [-0.4, -0.2) is 10.9 Å². The largest absolute Gasteiger partial charge is 0.508 e. The van der Waals surface area contributed by atoms with Crippen LogP contribution in [0.5, 0.6) is 5.75 Å². The van der Waals surface area contributed by atoms with Crippen LogP contribution in [0.15, 0.2) is 69.9 Å². The zero-order valence-electron chi connectivity index (χ0n) is 14.2.